The molecule has 126 valence electrons. The van der Waals surface area contributed by atoms with Crippen molar-refractivity contribution >= 4 is 6.08 Å². The maximum atomic E-state index is 12.9. The number of fused-ring (bicyclic) bond motifs is 1. The van der Waals surface area contributed by atoms with E-state index in [1.165, 1.54) is 12.1 Å². The quantitative estimate of drug-likeness (QED) is 0.868. The van der Waals surface area contributed by atoms with Crippen LogP contribution in [0.15, 0.2) is 35.1 Å². The minimum absolute atomic E-state index is 0.0844. The summed E-state index contributed by atoms with van der Waals surface area (Å²) < 4.78 is 14.5. The molecular weight excluding hydrogens is 305 g/mol. The van der Waals surface area contributed by atoms with Gasteiger partial charge in [0.1, 0.15) is 11.6 Å². The van der Waals surface area contributed by atoms with Gasteiger partial charge in [-0.25, -0.2) is 9.37 Å². The number of nitrogens with zero attached hydrogens (tertiary/aromatic N) is 3. The number of aromatic nitrogens is 2. The second kappa shape index (κ2) is 7.09. The van der Waals surface area contributed by atoms with Crippen molar-refractivity contribution in [2.24, 2.45) is 7.05 Å². The molecule has 3 rings (SSSR count). The van der Waals surface area contributed by atoms with Gasteiger partial charge in [-0.15, -0.1) is 0 Å². The Morgan fingerprint density at radius 2 is 1.92 bits per heavy atom. The largest absolute Gasteiger partial charge is 0.300 e. The third kappa shape index (κ3) is 3.62. The maximum Gasteiger partial charge on any atom is 0.256 e. The molecule has 0 atom stereocenters. The molecule has 1 aromatic heterocycles. The number of hydrogen-bond donors (Lipinski definition) is 0. The number of halogens is 1. The Kier molecular flexibility index (Phi) is 4.90. The van der Waals surface area contributed by atoms with Crippen molar-refractivity contribution in [2.45, 2.75) is 19.8 Å². The van der Waals surface area contributed by atoms with E-state index in [1.807, 2.05) is 13.0 Å². The Labute approximate surface area is 141 Å². The highest BCUT2D eigenvalue weighted by Gasteiger charge is 2.18. The molecule has 0 saturated heterocycles. The van der Waals surface area contributed by atoms with E-state index in [0.29, 0.717) is 0 Å². The van der Waals surface area contributed by atoms with Gasteiger partial charge in [0.2, 0.25) is 0 Å². The molecular formula is C19H22FN3O. The molecule has 24 heavy (non-hydrogen) atoms. The molecule has 0 bridgehead atoms. The van der Waals surface area contributed by atoms with Crippen molar-refractivity contribution in [3.63, 3.8) is 0 Å². The summed E-state index contributed by atoms with van der Waals surface area (Å²) in [4.78, 5) is 19.3. The lowest BCUT2D eigenvalue weighted by atomic mass is 10.1. The van der Waals surface area contributed by atoms with Gasteiger partial charge in [0.25, 0.3) is 5.56 Å². The van der Waals surface area contributed by atoms with Gasteiger partial charge >= 0.3 is 0 Å². The normalized spacial score (nSPS) is 15.5. The minimum atomic E-state index is -0.221. The van der Waals surface area contributed by atoms with Gasteiger partial charge in [0.05, 0.1) is 5.69 Å². The molecule has 0 saturated carbocycles. The molecule has 0 N–H and O–H groups in total. The summed E-state index contributed by atoms with van der Waals surface area (Å²) in [6, 6.07) is 6.46. The van der Waals surface area contributed by atoms with Gasteiger partial charge in [-0.3, -0.25) is 14.3 Å². The van der Waals surface area contributed by atoms with Gasteiger partial charge in [0, 0.05) is 38.7 Å². The first-order valence-corrected chi connectivity index (χ1v) is 8.24. The van der Waals surface area contributed by atoms with E-state index >= 15 is 0 Å². The van der Waals surface area contributed by atoms with Crippen LogP contribution in [0.25, 0.3) is 6.08 Å². The number of rotatable bonds is 3. The van der Waals surface area contributed by atoms with Crippen molar-refractivity contribution < 1.29 is 4.39 Å². The molecule has 2 heterocycles. The maximum absolute atomic E-state index is 12.9. The minimum Gasteiger partial charge on any atom is -0.300 e. The first-order valence-electron chi connectivity index (χ1n) is 8.24. The highest BCUT2D eigenvalue weighted by atomic mass is 19.1. The Morgan fingerprint density at radius 3 is 2.67 bits per heavy atom. The fourth-order valence-electron chi connectivity index (χ4n) is 3.01. The van der Waals surface area contributed by atoms with Gasteiger partial charge in [-0.05, 0) is 31.0 Å². The lowest BCUT2D eigenvalue weighted by Crippen LogP contribution is -2.28. The average molecular weight is 327 g/mol. The molecule has 2 aromatic rings. The lowest BCUT2D eigenvalue weighted by molar-refractivity contribution is 0.318. The van der Waals surface area contributed by atoms with Crippen molar-refractivity contribution in [2.75, 3.05) is 19.6 Å². The highest BCUT2D eigenvalue weighted by molar-refractivity contribution is 5.48. The van der Waals surface area contributed by atoms with Gasteiger partial charge < -0.3 is 0 Å². The van der Waals surface area contributed by atoms with E-state index in [1.54, 1.807) is 23.7 Å². The Morgan fingerprint density at radius 1 is 1.21 bits per heavy atom. The Balaban J connectivity index is 1.65. The van der Waals surface area contributed by atoms with E-state index in [4.69, 9.17) is 0 Å². The predicted molar refractivity (Wildman–Crippen MR) is 93.5 cm³/mol. The number of benzene rings is 1. The molecule has 1 aromatic carbocycles. The fourth-order valence-corrected chi connectivity index (χ4v) is 3.01. The summed E-state index contributed by atoms with van der Waals surface area (Å²) in [6.07, 6.45) is 5.62. The first-order chi connectivity index (χ1) is 11.5. The summed E-state index contributed by atoms with van der Waals surface area (Å²) >= 11 is 0. The molecule has 0 spiro atoms. The van der Waals surface area contributed by atoms with E-state index in [0.717, 1.165) is 55.1 Å². The van der Waals surface area contributed by atoms with Crippen LogP contribution in [0, 0.1) is 12.7 Å². The third-order valence-electron chi connectivity index (χ3n) is 4.58. The fraction of sp³-hybridized carbons (Fsp3) is 0.368. The zero-order valence-electron chi connectivity index (χ0n) is 14.1. The zero-order chi connectivity index (χ0) is 17.1. The molecule has 1 aliphatic heterocycles. The predicted octanol–water partition coefficient (Wildman–Crippen LogP) is 2.34. The van der Waals surface area contributed by atoms with Crippen molar-refractivity contribution in [3.8, 4) is 0 Å². The summed E-state index contributed by atoms with van der Waals surface area (Å²) in [6.45, 7) is 4.42. The molecule has 0 fully saturated rings. The van der Waals surface area contributed by atoms with Crippen molar-refractivity contribution in [3.05, 3.63) is 69.2 Å². The molecule has 0 amide bonds. The van der Waals surface area contributed by atoms with Crippen LogP contribution < -0.4 is 5.56 Å². The molecule has 1 aliphatic rings. The summed E-state index contributed by atoms with van der Waals surface area (Å²) in [7, 11) is 1.78. The van der Waals surface area contributed by atoms with Crippen LogP contribution in [-0.2, 0) is 19.9 Å². The van der Waals surface area contributed by atoms with Crippen molar-refractivity contribution in [1.82, 2.24) is 14.5 Å². The van der Waals surface area contributed by atoms with Crippen LogP contribution >= 0.6 is 0 Å². The van der Waals surface area contributed by atoms with Crippen LogP contribution in [0.1, 0.15) is 22.6 Å². The van der Waals surface area contributed by atoms with Gasteiger partial charge in [-0.2, -0.15) is 0 Å². The lowest BCUT2D eigenvalue weighted by Gasteiger charge is -2.16. The monoisotopic (exact) mass is 327 g/mol. The van der Waals surface area contributed by atoms with E-state index in [9.17, 15) is 9.18 Å². The SMILES string of the molecule is Cc1nc2c(c(=O)n1C)CCN(CC=Cc1ccc(F)cc1)CC2. The number of aryl methyl sites for hydroxylation is 1. The summed E-state index contributed by atoms with van der Waals surface area (Å²) in [5.41, 5.74) is 2.87. The molecule has 0 aliphatic carbocycles. The van der Waals surface area contributed by atoms with Crippen molar-refractivity contribution in [1.29, 1.82) is 0 Å². The highest BCUT2D eigenvalue weighted by Crippen LogP contribution is 2.12. The van der Waals surface area contributed by atoms with E-state index in [-0.39, 0.29) is 11.4 Å². The van der Waals surface area contributed by atoms with Gasteiger partial charge in [-0.1, -0.05) is 24.3 Å². The van der Waals surface area contributed by atoms with Crippen LogP contribution in [0.3, 0.4) is 0 Å². The van der Waals surface area contributed by atoms with Crippen LogP contribution in [0.4, 0.5) is 4.39 Å². The topological polar surface area (TPSA) is 38.1 Å². The first kappa shape index (κ1) is 16.6. The number of hydrogen-bond acceptors (Lipinski definition) is 3. The van der Waals surface area contributed by atoms with Crippen LogP contribution in [-0.4, -0.2) is 34.1 Å². The summed E-state index contributed by atoms with van der Waals surface area (Å²) in [5, 5.41) is 0. The van der Waals surface area contributed by atoms with E-state index in [2.05, 4.69) is 16.0 Å². The van der Waals surface area contributed by atoms with Crippen LogP contribution in [0.2, 0.25) is 0 Å². The Bertz CT molecular complexity index is 809. The smallest absolute Gasteiger partial charge is 0.256 e. The Hall–Kier alpha value is -2.27. The van der Waals surface area contributed by atoms with Gasteiger partial charge in [0.15, 0.2) is 0 Å². The average Bonchev–Trinajstić information content (AvgIpc) is 2.77. The summed E-state index contributed by atoms with van der Waals surface area (Å²) in [5.74, 6) is 0.546. The molecule has 0 radical (unpaired) electrons. The molecule has 0 unspecified atom stereocenters. The van der Waals surface area contributed by atoms with E-state index < -0.39 is 0 Å². The standard InChI is InChI=1S/C19H22FN3O/c1-14-21-18-10-13-23(12-9-17(18)19(24)22(14)2)11-3-4-15-5-7-16(20)8-6-15/h3-8H,9-13H2,1-2H3. The van der Waals surface area contributed by atoms with Crippen LogP contribution in [0.5, 0.6) is 0 Å². The second-order valence-electron chi connectivity index (χ2n) is 6.20. The third-order valence-corrected chi connectivity index (χ3v) is 4.58. The molecule has 4 nitrogen and oxygen atoms in total. The zero-order valence-corrected chi connectivity index (χ0v) is 14.1. The second-order valence-corrected chi connectivity index (χ2v) is 6.20. The molecule has 5 heteroatoms.